The van der Waals surface area contributed by atoms with Gasteiger partial charge in [-0.15, -0.1) is 0 Å². The number of benzene rings is 5. The minimum absolute atomic E-state index is 1.15. The molecular formula is C40H44. The highest BCUT2D eigenvalue weighted by Crippen LogP contribution is 2.43. The van der Waals surface area contributed by atoms with Crippen molar-refractivity contribution in [1.29, 1.82) is 0 Å². The second-order valence-electron chi connectivity index (χ2n) is 11.3. The lowest BCUT2D eigenvalue weighted by atomic mass is 9.85. The minimum atomic E-state index is 1.15. The standard InChI is InChI=1S/C40H44/c1-3-5-6-7-8-9-10-11-12-13-18-32-25-29-34(30-26-32)40-37-21-16-14-19-35(37)39(36-20-15-17-22-38(36)40)33-27-23-31(4-2)24-28-33/h4,14-17,19-30H,2-3,5-13,18H2,1H3. The van der Waals surface area contributed by atoms with Crippen molar-refractivity contribution in [3.63, 3.8) is 0 Å². The van der Waals surface area contributed by atoms with Crippen molar-refractivity contribution in [3.8, 4) is 22.3 Å². The maximum absolute atomic E-state index is 3.93. The van der Waals surface area contributed by atoms with Crippen molar-refractivity contribution in [2.45, 2.75) is 77.6 Å². The van der Waals surface area contributed by atoms with Crippen LogP contribution in [0.3, 0.4) is 0 Å². The topological polar surface area (TPSA) is 0 Å². The third kappa shape index (κ3) is 6.56. The highest BCUT2D eigenvalue weighted by Gasteiger charge is 2.16. The number of fused-ring (bicyclic) bond motifs is 2. The van der Waals surface area contributed by atoms with Crippen molar-refractivity contribution < 1.29 is 0 Å². The van der Waals surface area contributed by atoms with E-state index in [9.17, 15) is 0 Å². The smallest absolute Gasteiger partial charge is 0.00264 e. The van der Waals surface area contributed by atoms with Gasteiger partial charge in [0.15, 0.2) is 0 Å². The summed E-state index contributed by atoms with van der Waals surface area (Å²) >= 11 is 0. The molecule has 0 aromatic heterocycles. The van der Waals surface area contributed by atoms with E-state index >= 15 is 0 Å². The minimum Gasteiger partial charge on any atom is -0.0985 e. The number of hydrogen-bond acceptors (Lipinski definition) is 0. The van der Waals surface area contributed by atoms with Crippen LogP contribution in [0, 0.1) is 0 Å². The monoisotopic (exact) mass is 524 g/mol. The highest BCUT2D eigenvalue weighted by atomic mass is 14.2. The number of aryl methyl sites for hydroxylation is 1. The van der Waals surface area contributed by atoms with Crippen molar-refractivity contribution >= 4 is 27.6 Å². The molecule has 0 heterocycles. The number of hydrogen-bond donors (Lipinski definition) is 0. The SMILES string of the molecule is C=Cc1ccc(-c2c3ccccc3c(-c3ccc(CCCCCCCCCCCC)cc3)c3ccccc23)cc1. The maximum Gasteiger partial charge on any atom is -0.00264 e. The molecule has 5 aromatic rings. The molecular weight excluding hydrogens is 480 g/mol. The first kappa shape index (κ1) is 27.9. The lowest BCUT2D eigenvalue weighted by molar-refractivity contribution is 0.556. The molecule has 0 amide bonds. The average Bonchev–Trinajstić information content (AvgIpc) is 3.01. The van der Waals surface area contributed by atoms with Crippen molar-refractivity contribution in [3.05, 3.63) is 115 Å². The first-order valence-electron chi connectivity index (χ1n) is 15.6. The van der Waals surface area contributed by atoms with Crippen LogP contribution in [0.2, 0.25) is 0 Å². The van der Waals surface area contributed by atoms with Gasteiger partial charge in [-0.3, -0.25) is 0 Å². The van der Waals surface area contributed by atoms with E-state index in [4.69, 9.17) is 0 Å². The Labute approximate surface area is 241 Å². The Morgan fingerprint density at radius 2 is 0.875 bits per heavy atom. The van der Waals surface area contributed by atoms with E-state index in [2.05, 4.69) is 111 Å². The molecule has 40 heavy (non-hydrogen) atoms. The van der Waals surface area contributed by atoms with Crippen LogP contribution < -0.4 is 0 Å². The fourth-order valence-corrected chi connectivity index (χ4v) is 6.19. The molecule has 204 valence electrons. The molecule has 0 bridgehead atoms. The van der Waals surface area contributed by atoms with Gasteiger partial charge in [0.05, 0.1) is 0 Å². The van der Waals surface area contributed by atoms with E-state index in [-0.39, 0.29) is 0 Å². The molecule has 0 N–H and O–H groups in total. The summed E-state index contributed by atoms with van der Waals surface area (Å²) in [5, 5.41) is 5.23. The Balaban J connectivity index is 1.34. The predicted octanol–water partition coefficient (Wildman–Crippen LogP) is 12.4. The zero-order chi connectivity index (χ0) is 27.6. The van der Waals surface area contributed by atoms with E-state index in [1.165, 1.54) is 120 Å². The number of rotatable bonds is 14. The van der Waals surface area contributed by atoms with Gasteiger partial charge in [0, 0.05) is 0 Å². The molecule has 0 spiro atoms. The molecule has 0 aliphatic carbocycles. The molecule has 0 unspecified atom stereocenters. The lowest BCUT2D eigenvalue weighted by Crippen LogP contribution is -1.92. The van der Waals surface area contributed by atoms with Gasteiger partial charge in [-0.1, -0.05) is 174 Å². The van der Waals surface area contributed by atoms with E-state index in [1.807, 2.05) is 6.08 Å². The van der Waals surface area contributed by atoms with Gasteiger partial charge in [-0.05, 0) is 67.8 Å². The summed E-state index contributed by atoms with van der Waals surface area (Å²) < 4.78 is 0. The first-order chi connectivity index (χ1) is 19.8. The average molecular weight is 525 g/mol. The van der Waals surface area contributed by atoms with Crippen LogP contribution in [0.5, 0.6) is 0 Å². The summed E-state index contributed by atoms with van der Waals surface area (Å²) in [5.74, 6) is 0. The maximum atomic E-state index is 3.93. The van der Waals surface area contributed by atoms with Crippen LogP contribution in [-0.4, -0.2) is 0 Å². The van der Waals surface area contributed by atoms with Crippen molar-refractivity contribution in [2.24, 2.45) is 0 Å². The quantitative estimate of drug-likeness (QED) is 0.100. The second kappa shape index (κ2) is 14.1. The van der Waals surface area contributed by atoms with Gasteiger partial charge in [0.25, 0.3) is 0 Å². The van der Waals surface area contributed by atoms with E-state index in [0.717, 1.165) is 5.56 Å². The van der Waals surface area contributed by atoms with Crippen LogP contribution >= 0.6 is 0 Å². The molecule has 0 radical (unpaired) electrons. The Hall–Kier alpha value is -3.64. The molecule has 5 aromatic carbocycles. The predicted molar refractivity (Wildman–Crippen MR) is 178 cm³/mol. The summed E-state index contributed by atoms with van der Waals surface area (Å²) in [6, 6.07) is 36.0. The Morgan fingerprint density at radius 1 is 0.475 bits per heavy atom. The fourth-order valence-electron chi connectivity index (χ4n) is 6.19. The number of unbranched alkanes of at least 4 members (excludes halogenated alkanes) is 9. The first-order valence-corrected chi connectivity index (χ1v) is 15.6. The zero-order valence-corrected chi connectivity index (χ0v) is 24.3. The zero-order valence-electron chi connectivity index (χ0n) is 24.3. The van der Waals surface area contributed by atoms with Gasteiger partial charge in [-0.25, -0.2) is 0 Å². The summed E-state index contributed by atoms with van der Waals surface area (Å²) in [6.07, 6.45) is 16.9. The van der Waals surface area contributed by atoms with Gasteiger partial charge in [-0.2, -0.15) is 0 Å². The van der Waals surface area contributed by atoms with E-state index in [1.54, 1.807) is 0 Å². The molecule has 5 rings (SSSR count). The molecule has 0 nitrogen and oxygen atoms in total. The van der Waals surface area contributed by atoms with Gasteiger partial charge in [0.2, 0.25) is 0 Å². The van der Waals surface area contributed by atoms with Crippen LogP contribution in [-0.2, 0) is 6.42 Å². The normalized spacial score (nSPS) is 11.3. The summed E-state index contributed by atoms with van der Waals surface area (Å²) in [4.78, 5) is 0. The molecule has 0 aliphatic rings. The summed E-state index contributed by atoms with van der Waals surface area (Å²) in [5.41, 5.74) is 7.79. The molecule has 0 saturated heterocycles. The van der Waals surface area contributed by atoms with E-state index in [0.29, 0.717) is 0 Å². The van der Waals surface area contributed by atoms with Crippen LogP contribution in [0.25, 0.3) is 49.9 Å². The fraction of sp³-hybridized carbons (Fsp3) is 0.300. The third-order valence-corrected chi connectivity index (χ3v) is 8.43. The van der Waals surface area contributed by atoms with Crippen LogP contribution in [0.1, 0.15) is 82.3 Å². The van der Waals surface area contributed by atoms with E-state index < -0.39 is 0 Å². The Kier molecular flexibility index (Phi) is 9.86. The second-order valence-corrected chi connectivity index (χ2v) is 11.3. The van der Waals surface area contributed by atoms with Crippen LogP contribution in [0.15, 0.2) is 104 Å². The molecule has 0 atom stereocenters. The van der Waals surface area contributed by atoms with Crippen molar-refractivity contribution in [2.75, 3.05) is 0 Å². The van der Waals surface area contributed by atoms with Gasteiger partial charge < -0.3 is 0 Å². The Bertz CT molecular complexity index is 1460. The molecule has 0 aliphatic heterocycles. The largest absolute Gasteiger partial charge is 0.0985 e. The Morgan fingerprint density at radius 3 is 1.30 bits per heavy atom. The van der Waals surface area contributed by atoms with Crippen LogP contribution in [0.4, 0.5) is 0 Å². The molecule has 0 heteroatoms. The van der Waals surface area contributed by atoms with Gasteiger partial charge >= 0.3 is 0 Å². The molecule has 0 saturated carbocycles. The molecule has 0 fully saturated rings. The summed E-state index contributed by atoms with van der Waals surface area (Å²) in [6.45, 7) is 6.22. The summed E-state index contributed by atoms with van der Waals surface area (Å²) in [7, 11) is 0. The lowest BCUT2D eigenvalue weighted by Gasteiger charge is -2.18. The van der Waals surface area contributed by atoms with Crippen molar-refractivity contribution in [1.82, 2.24) is 0 Å². The van der Waals surface area contributed by atoms with Gasteiger partial charge in [0.1, 0.15) is 0 Å². The third-order valence-electron chi connectivity index (χ3n) is 8.43. The highest BCUT2D eigenvalue weighted by molar-refractivity contribution is 6.21.